The Kier molecular flexibility index (Phi) is 3.60. The summed E-state index contributed by atoms with van der Waals surface area (Å²) in [6, 6.07) is 7.68. The van der Waals surface area contributed by atoms with E-state index in [1.165, 1.54) is 0 Å². The zero-order chi connectivity index (χ0) is 11.6. The lowest BCUT2D eigenvalue weighted by atomic mass is 10.0. The Hall–Kier alpha value is -0.480. The van der Waals surface area contributed by atoms with Gasteiger partial charge in [0.05, 0.1) is 4.75 Å². The molecule has 16 heavy (non-hydrogen) atoms. The lowest BCUT2D eigenvalue weighted by Gasteiger charge is -2.21. The standard InChI is InChI=1S/C12H14BrNOS/c1-12(7-2-8-16-12)11(15)14-10-5-3-9(13)4-6-10/h3-6H,2,7-8H2,1H3,(H,14,15). The molecule has 1 saturated heterocycles. The minimum atomic E-state index is -0.243. The molecule has 1 aromatic carbocycles. The lowest BCUT2D eigenvalue weighted by Crippen LogP contribution is -2.34. The maximum absolute atomic E-state index is 12.1. The highest BCUT2D eigenvalue weighted by Crippen LogP contribution is 2.38. The van der Waals surface area contributed by atoms with Crippen LogP contribution in [0.2, 0.25) is 0 Å². The Balaban J connectivity index is 2.04. The van der Waals surface area contributed by atoms with Crippen LogP contribution in [0.5, 0.6) is 0 Å². The molecular weight excluding hydrogens is 286 g/mol. The molecule has 2 nitrogen and oxygen atoms in total. The molecule has 0 aromatic heterocycles. The van der Waals surface area contributed by atoms with Gasteiger partial charge in [-0.3, -0.25) is 4.79 Å². The van der Waals surface area contributed by atoms with Crippen LogP contribution in [-0.2, 0) is 4.79 Å². The molecule has 4 heteroatoms. The zero-order valence-electron chi connectivity index (χ0n) is 9.13. The van der Waals surface area contributed by atoms with Crippen molar-refractivity contribution in [1.29, 1.82) is 0 Å². The van der Waals surface area contributed by atoms with E-state index in [0.717, 1.165) is 28.8 Å². The molecule has 1 heterocycles. The molecule has 1 aliphatic heterocycles. The Morgan fingerprint density at radius 2 is 2.12 bits per heavy atom. The molecule has 1 aliphatic rings. The molecule has 0 saturated carbocycles. The van der Waals surface area contributed by atoms with E-state index in [-0.39, 0.29) is 10.7 Å². The smallest absolute Gasteiger partial charge is 0.240 e. The zero-order valence-corrected chi connectivity index (χ0v) is 11.5. The van der Waals surface area contributed by atoms with Crippen molar-refractivity contribution in [1.82, 2.24) is 0 Å². The number of anilines is 1. The second-order valence-corrected chi connectivity index (χ2v) is 6.66. The van der Waals surface area contributed by atoms with E-state index in [9.17, 15) is 4.79 Å². The van der Waals surface area contributed by atoms with E-state index in [2.05, 4.69) is 21.2 Å². The predicted molar refractivity (Wildman–Crippen MR) is 72.9 cm³/mol. The number of nitrogens with one attached hydrogen (secondary N) is 1. The van der Waals surface area contributed by atoms with E-state index >= 15 is 0 Å². The number of amides is 1. The Morgan fingerprint density at radius 1 is 1.44 bits per heavy atom. The largest absolute Gasteiger partial charge is 0.325 e. The Morgan fingerprint density at radius 3 is 2.69 bits per heavy atom. The SMILES string of the molecule is CC1(C(=O)Nc2ccc(Br)cc2)CCCS1. The third-order valence-electron chi connectivity index (χ3n) is 2.80. The topological polar surface area (TPSA) is 29.1 Å². The van der Waals surface area contributed by atoms with E-state index in [0.29, 0.717) is 0 Å². The van der Waals surface area contributed by atoms with E-state index in [4.69, 9.17) is 0 Å². The highest BCUT2D eigenvalue weighted by Gasteiger charge is 2.37. The number of hydrogen-bond acceptors (Lipinski definition) is 2. The van der Waals surface area contributed by atoms with Crippen molar-refractivity contribution in [3.63, 3.8) is 0 Å². The first-order chi connectivity index (χ1) is 7.60. The van der Waals surface area contributed by atoms with Crippen LogP contribution < -0.4 is 5.32 Å². The van der Waals surface area contributed by atoms with Crippen molar-refractivity contribution in [2.24, 2.45) is 0 Å². The van der Waals surface area contributed by atoms with Gasteiger partial charge in [-0.05, 0) is 49.8 Å². The minimum Gasteiger partial charge on any atom is -0.325 e. The van der Waals surface area contributed by atoms with Gasteiger partial charge in [-0.15, -0.1) is 11.8 Å². The summed E-state index contributed by atoms with van der Waals surface area (Å²) in [6.45, 7) is 2.03. The van der Waals surface area contributed by atoms with E-state index in [1.54, 1.807) is 11.8 Å². The maximum Gasteiger partial charge on any atom is 0.240 e. The number of rotatable bonds is 2. The molecule has 1 atom stereocenters. The average Bonchev–Trinajstić information content (AvgIpc) is 2.70. The number of carbonyl (C=O) groups excluding carboxylic acids is 1. The molecule has 1 fully saturated rings. The van der Waals surface area contributed by atoms with Crippen LogP contribution in [0.25, 0.3) is 0 Å². The van der Waals surface area contributed by atoms with Crippen LogP contribution in [0.1, 0.15) is 19.8 Å². The summed E-state index contributed by atoms with van der Waals surface area (Å²) in [6.07, 6.45) is 2.11. The molecule has 1 aromatic rings. The first-order valence-corrected chi connectivity index (χ1v) is 7.09. The van der Waals surface area contributed by atoms with Gasteiger partial charge in [0.15, 0.2) is 0 Å². The van der Waals surface area contributed by atoms with Crippen LogP contribution in [0.4, 0.5) is 5.69 Å². The second kappa shape index (κ2) is 4.80. The number of halogens is 1. The fourth-order valence-electron chi connectivity index (χ4n) is 1.75. The van der Waals surface area contributed by atoms with Gasteiger partial charge >= 0.3 is 0 Å². The quantitative estimate of drug-likeness (QED) is 0.903. The third-order valence-corrected chi connectivity index (χ3v) is 4.85. The Bertz CT molecular complexity index is 385. The van der Waals surface area contributed by atoms with Crippen molar-refractivity contribution in [3.8, 4) is 0 Å². The van der Waals surface area contributed by atoms with Crippen LogP contribution >= 0.6 is 27.7 Å². The van der Waals surface area contributed by atoms with Crippen molar-refractivity contribution < 1.29 is 4.79 Å². The van der Waals surface area contributed by atoms with Crippen molar-refractivity contribution in [3.05, 3.63) is 28.7 Å². The molecule has 86 valence electrons. The molecule has 1 amide bonds. The predicted octanol–water partition coefficient (Wildman–Crippen LogP) is 3.67. The maximum atomic E-state index is 12.1. The Labute approximate surface area is 108 Å². The third kappa shape index (κ3) is 2.61. The first-order valence-electron chi connectivity index (χ1n) is 5.31. The van der Waals surface area contributed by atoms with Crippen LogP contribution in [-0.4, -0.2) is 16.4 Å². The average molecular weight is 300 g/mol. The van der Waals surface area contributed by atoms with Gasteiger partial charge in [-0.1, -0.05) is 15.9 Å². The van der Waals surface area contributed by atoms with Crippen LogP contribution in [0.15, 0.2) is 28.7 Å². The lowest BCUT2D eigenvalue weighted by molar-refractivity contribution is -0.118. The molecular formula is C12H14BrNOS. The summed E-state index contributed by atoms with van der Waals surface area (Å²) in [5, 5.41) is 2.97. The van der Waals surface area contributed by atoms with Crippen molar-refractivity contribution in [2.45, 2.75) is 24.5 Å². The summed E-state index contributed by atoms with van der Waals surface area (Å²) in [7, 11) is 0. The van der Waals surface area contributed by atoms with Gasteiger partial charge in [0.2, 0.25) is 5.91 Å². The van der Waals surface area contributed by atoms with Crippen molar-refractivity contribution >= 4 is 39.3 Å². The second-order valence-electron chi connectivity index (χ2n) is 4.14. The summed E-state index contributed by atoms with van der Waals surface area (Å²) >= 11 is 5.13. The highest BCUT2D eigenvalue weighted by atomic mass is 79.9. The highest BCUT2D eigenvalue weighted by molar-refractivity contribution is 9.10. The number of carbonyl (C=O) groups is 1. The molecule has 0 spiro atoms. The van der Waals surface area contributed by atoms with Gasteiger partial charge in [0, 0.05) is 10.2 Å². The molecule has 0 radical (unpaired) electrons. The number of thioether (sulfide) groups is 1. The number of benzene rings is 1. The fourth-order valence-corrected chi connectivity index (χ4v) is 3.23. The number of hydrogen-bond donors (Lipinski definition) is 1. The molecule has 0 bridgehead atoms. The summed E-state index contributed by atoms with van der Waals surface area (Å²) in [5.74, 6) is 1.21. The van der Waals surface area contributed by atoms with E-state index in [1.807, 2.05) is 31.2 Å². The minimum absolute atomic E-state index is 0.123. The van der Waals surface area contributed by atoms with Gasteiger partial charge in [-0.25, -0.2) is 0 Å². The fraction of sp³-hybridized carbons (Fsp3) is 0.417. The summed E-state index contributed by atoms with van der Waals surface area (Å²) in [5.41, 5.74) is 0.863. The molecule has 1 unspecified atom stereocenters. The molecule has 1 N–H and O–H groups in total. The first kappa shape index (κ1) is 12.0. The molecule has 2 rings (SSSR count). The van der Waals surface area contributed by atoms with Crippen LogP contribution in [0, 0.1) is 0 Å². The normalized spacial score (nSPS) is 24.4. The molecule has 0 aliphatic carbocycles. The van der Waals surface area contributed by atoms with Crippen molar-refractivity contribution in [2.75, 3.05) is 11.1 Å². The van der Waals surface area contributed by atoms with Gasteiger partial charge < -0.3 is 5.32 Å². The van der Waals surface area contributed by atoms with Crippen LogP contribution in [0.3, 0.4) is 0 Å². The monoisotopic (exact) mass is 299 g/mol. The van der Waals surface area contributed by atoms with E-state index < -0.39 is 0 Å². The van der Waals surface area contributed by atoms with Gasteiger partial charge in [0.25, 0.3) is 0 Å². The van der Waals surface area contributed by atoms with Gasteiger partial charge in [0.1, 0.15) is 0 Å². The van der Waals surface area contributed by atoms with Gasteiger partial charge in [-0.2, -0.15) is 0 Å². The summed E-state index contributed by atoms with van der Waals surface area (Å²) < 4.78 is 0.777. The summed E-state index contributed by atoms with van der Waals surface area (Å²) in [4.78, 5) is 12.1.